The normalized spacial score (nSPS) is 17.1. The Labute approximate surface area is 151 Å². The Hall–Kier alpha value is -1.40. The zero-order chi connectivity index (χ0) is 16.6. The molecule has 1 fully saturated rings. The average molecular weight is 362 g/mol. The quantitative estimate of drug-likeness (QED) is 0.565. The number of aromatic nitrogens is 2. The molecule has 1 aliphatic heterocycles. The molecule has 1 aromatic carbocycles. The van der Waals surface area contributed by atoms with E-state index in [2.05, 4.69) is 10.4 Å². The van der Waals surface area contributed by atoms with Crippen molar-refractivity contribution in [2.75, 3.05) is 5.75 Å². The van der Waals surface area contributed by atoms with Crippen LogP contribution >= 0.6 is 21.6 Å². The van der Waals surface area contributed by atoms with E-state index >= 15 is 0 Å². The Morgan fingerprint density at radius 3 is 2.96 bits per heavy atom. The van der Waals surface area contributed by atoms with Gasteiger partial charge in [0.1, 0.15) is 0 Å². The largest absolute Gasteiger partial charge is 0.352 e. The second-order valence-electron chi connectivity index (χ2n) is 5.98. The Balaban J connectivity index is 1.35. The molecule has 1 N–H and O–H groups in total. The van der Waals surface area contributed by atoms with Crippen LogP contribution in [0.5, 0.6) is 0 Å². The highest BCUT2D eigenvalue weighted by molar-refractivity contribution is 8.77. The standard InChI is InChI=1S/C18H23N3OS2/c22-18(9-5-4-8-17-10-11-23-24-17)19-12-15-13-20-21(14-15)16-6-2-1-3-7-16/h1-3,6-7,13-14,17H,4-5,8-12H2,(H,19,22). The fourth-order valence-corrected chi connectivity index (χ4v) is 5.71. The van der Waals surface area contributed by atoms with Gasteiger partial charge in [-0.25, -0.2) is 4.68 Å². The van der Waals surface area contributed by atoms with Gasteiger partial charge in [-0.3, -0.25) is 4.79 Å². The molecule has 1 unspecified atom stereocenters. The van der Waals surface area contributed by atoms with Gasteiger partial charge in [0.25, 0.3) is 0 Å². The maximum absolute atomic E-state index is 11.9. The van der Waals surface area contributed by atoms with Crippen molar-refractivity contribution in [1.29, 1.82) is 0 Å². The van der Waals surface area contributed by atoms with Crippen LogP contribution in [0.1, 0.15) is 37.7 Å². The summed E-state index contributed by atoms with van der Waals surface area (Å²) in [6, 6.07) is 9.98. The summed E-state index contributed by atoms with van der Waals surface area (Å²) in [7, 11) is 4.00. The fourth-order valence-electron chi connectivity index (χ4n) is 2.68. The van der Waals surface area contributed by atoms with Gasteiger partial charge in [-0.15, -0.1) is 0 Å². The lowest BCUT2D eigenvalue weighted by Crippen LogP contribution is -2.22. The van der Waals surface area contributed by atoms with E-state index in [1.807, 2.05) is 69.0 Å². The number of benzene rings is 1. The molecule has 1 saturated heterocycles. The summed E-state index contributed by atoms with van der Waals surface area (Å²) in [6.07, 6.45) is 9.10. The van der Waals surface area contributed by atoms with Crippen LogP contribution in [0.3, 0.4) is 0 Å². The highest BCUT2D eigenvalue weighted by Gasteiger charge is 2.15. The van der Waals surface area contributed by atoms with Gasteiger partial charge < -0.3 is 5.32 Å². The molecular formula is C18H23N3OS2. The van der Waals surface area contributed by atoms with Crippen molar-refractivity contribution in [2.24, 2.45) is 0 Å². The predicted octanol–water partition coefficient (Wildman–Crippen LogP) is 4.20. The summed E-state index contributed by atoms with van der Waals surface area (Å²) in [5.74, 6) is 1.42. The predicted molar refractivity (Wildman–Crippen MR) is 102 cm³/mol. The topological polar surface area (TPSA) is 46.9 Å². The van der Waals surface area contributed by atoms with E-state index in [0.29, 0.717) is 13.0 Å². The minimum atomic E-state index is 0.135. The number of carbonyl (C=O) groups excluding carboxylic acids is 1. The number of nitrogens with zero attached hydrogens (tertiary/aromatic N) is 2. The monoisotopic (exact) mass is 361 g/mol. The Bertz CT molecular complexity index is 639. The Morgan fingerprint density at radius 2 is 2.17 bits per heavy atom. The van der Waals surface area contributed by atoms with E-state index < -0.39 is 0 Å². The molecule has 1 aromatic heterocycles. The van der Waals surface area contributed by atoms with Crippen LogP contribution in [0.25, 0.3) is 5.69 Å². The summed E-state index contributed by atoms with van der Waals surface area (Å²) in [4.78, 5) is 11.9. The van der Waals surface area contributed by atoms with Gasteiger partial charge in [0.05, 0.1) is 11.9 Å². The van der Waals surface area contributed by atoms with Crippen LogP contribution in [0.15, 0.2) is 42.7 Å². The first-order valence-corrected chi connectivity index (χ1v) is 10.8. The average Bonchev–Trinajstić information content (AvgIpc) is 3.29. The van der Waals surface area contributed by atoms with Crippen LogP contribution in [0, 0.1) is 0 Å². The van der Waals surface area contributed by atoms with Crippen LogP contribution in [0.2, 0.25) is 0 Å². The van der Waals surface area contributed by atoms with Gasteiger partial charge >= 0.3 is 0 Å². The third kappa shape index (κ3) is 5.31. The third-order valence-electron chi connectivity index (χ3n) is 4.05. The summed E-state index contributed by atoms with van der Waals surface area (Å²) in [6.45, 7) is 0.542. The molecule has 4 nitrogen and oxygen atoms in total. The highest BCUT2D eigenvalue weighted by atomic mass is 33.1. The molecule has 1 atom stereocenters. The van der Waals surface area contributed by atoms with E-state index in [0.717, 1.165) is 29.3 Å². The maximum Gasteiger partial charge on any atom is 0.220 e. The molecule has 0 spiro atoms. The van der Waals surface area contributed by atoms with Crippen molar-refractivity contribution in [3.63, 3.8) is 0 Å². The number of unbranched alkanes of at least 4 members (excludes halogenated alkanes) is 1. The zero-order valence-electron chi connectivity index (χ0n) is 13.7. The maximum atomic E-state index is 11.9. The zero-order valence-corrected chi connectivity index (χ0v) is 15.3. The molecular weight excluding hydrogens is 338 g/mol. The van der Waals surface area contributed by atoms with E-state index in [1.165, 1.54) is 18.6 Å². The summed E-state index contributed by atoms with van der Waals surface area (Å²) < 4.78 is 1.83. The molecule has 128 valence electrons. The SMILES string of the molecule is O=C(CCCCC1CCSS1)NCc1cnn(-c2ccccc2)c1. The van der Waals surface area contributed by atoms with Crippen molar-refractivity contribution >= 4 is 27.5 Å². The second-order valence-corrected chi connectivity index (χ2v) is 8.77. The fraction of sp³-hybridized carbons (Fsp3) is 0.444. The van der Waals surface area contributed by atoms with Gasteiger partial charge in [-0.2, -0.15) is 5.10 Å². The molecule has 0 saturated carbocycles. The summed E-state index contributed by atoms with van der Waals surface area (Å²) >= 11 is 0. The second kappa shape index (κ2) is 9.18. The minimum Gasteiger partial charge on any atom is -0.352 e. The van der Waals surface area contributed by atoms with Crippen molar-refractivity contribution in [3.05, 3.63) is 48.3 Å². The minimum absolute atomic E-state index is 0.135. The van der Waals surface area contributed by atoms with E-state index in [-0.39, 0.29) is 5.91 Å². The summed E-state index contributed by atoms with van der Waals surface area (Å²) in [5, 5.41) is 8.14. The molecule has 0 radical (unpaired) electrons. The van der Waals surface area contributed by atoms with E-state index in [1.54, 1.807) is 0 Å². The first-order valence-electron chi connectivity index (χ1n) is 8.45. The smallest absolute Gasteiger partial charge is 0.220 e. The Kier molecular flexibility index (Phi) is 6.66. The number of rotatable bonds is 8. The van der Waals surface area contributed by atoms with Gasteiger partial charge in [0.2, 0.25) is 5.91 Å². The van der Waals surface area contributed by atoms with Crippen LogP contribution < -0.4 is 5.32 Å². The number of hydrogen-bond acceptors (Lipinski definition) is 4. The van der Waals surface area contributed by atoms with Gasteiger partial charge in [-0.05, 0) is 31.4 Å². The van der Waals surface area contributed by atoms with Crippen LogP contribution in [-0.2, 0) is 11.3 Å². The van der Waals surface area contributed by atoms with Crippen molar-refractivity contribution in [1.82, 2.24) is 15.1 Å². The van der Waals surface area contributed by atoms with Gasteiger partial charge in [0, 0.05) is 35.7 Å². The van der Waals surface area contributed by atoms with Gasteiger partial charge in [-0.1, -0.05) is 46.2 Å². The molecule has 24 heavy (non-hydrogen) atoms. The van der Waals surface area contributed by atoms with Gasteiger partial charge in [0.15, 0.2) is 0 Å². The van der Waals surface area contributed by atoms with Crippen molar-refractivity contribution < 1.29 is 4.79 Å². The number of carbonyl (C=O) groups is 1. The van der Waals surface area contributed by atoms with Crippen LogP contribution in [0.4, 0.5) is 0 Å². The van der Waals surface area contributed by atoms with E-state index in [4.69, 9.17) is 0 Å². The lowest BCUT2D eigenvalue weighted by molar-refractivity contribution is -0.121. The molecule has 1 aliphatic rings. The molecule has 2 aromatic rings. The number of para-hydroxylation sites is 1. The number of hydrogen-bond donors (Lipinski definition) is 1. The highest BCUT2D eigenvalue weighted by Crippen LogP contribution is 2.39. The Morgan fingerprint density at radius 1 is 1.29 bits per heavy atom. The number of nitrogens with one attached hydrogen (secondary N) is 1. The molecule has 0 bridgehead atoms. The first kappa shape index (κ1) is 17.4. The molecule has 1 amide bonds. The first-order chi connectivity index (χ1) is 11.8. The van der Waals surface area contributed by atoms with Crippen LogP contribution in [-0.4, -0.2) is 26.7 Å². The third-order valence-corrected chi connectivity index (χ3v) is 7.06. The van der Waals surface area contributed by atoms with Crippen molar-refractivity contribution in [3.8, 4) is 5.69 Å². The summed E-state index contributed by atoms with van der Waals surface area (Å²) in [5.41, 5.74) is 2.05. The molecule has 3 rings (SSSR count). The molecule has 6 heteroatoms. The molecule has 2 heterocycles. The lowest BCUT2D eigenvalue weighted by atomic mass is 10.1. The van der Waals surface area contributed by atoms with Crippen molar-refractivity contribution in [2.45, 2.75) is 43.9 Å². The molecule has 0 aliphatic carbocycles. The van der Waals surface area contributed by atoms with E-state index in [9.17, 15) is 4.79 Å². The number of amides is 1. The lowest BCUT2D eigenvalue weighted by Gasteiger charge is -2.07.